The second kappa shape index (κ2) is 6.05. The van der Waals surface area contributed by atoms with Crippen LogP contribution in [0.4, 0.5) is 0 Å². The Morgan fingerprint density at radius 2 is 2.10 bits per heavy atom. The van der Waals surface area contributed by atoms with Gasteiger partial charge in [-0.05, 0) is 71.1 Å². The Morgan fingerprint density at radius 1 is 1.35 bits per heavy atom. The summed E-state index contributed by atoms with van der Waals surface area (Å²) in [6, 6.07) is 0. The summed E-state index contributed by atoms with van der Waals surface area (Å²) in [5, 5.41) is 0. The molecule has 2 aliphatic carbocycles. The van der Waals surface area contributed by atoms with Gasteiger partial charge in [0, 0.05) is 6.61 Å². The molecule has 2 bridgehead atoms. The summed E-state index contributed by atoms with van der Waals surface area (Å²) in [6.45, 7) is 9.30. The zero-order chi connectivity index (χ0) is 14.8. The molecular weight excluding hydrogens is 252 g/mol. The predicted molar refractivity (Wildman–Crippen MR) is 79.5 cm³/mol. The van der Waals surface area contributed by atoms with Crippen molar-refractivity contribution in [1.82, 2.24) is 0 Å². The van der Waals surface area contributed by atoms with E-state index in [1.165, 1.54) is 25.7 Å². The van der Waals surface area contributed by atoms with Gasteiger partial charge in [0.25, 0.3) is 0 Å². The van der Waals surface area contributed by atoms with E-state index < -0.39 is 5.41 Å². The topological polar surface area (TPSA) is 35.5 Å². The van der Waals surface area contributed by atoms with Gasteiger partial charge in [-0.1, -0.05) is 6.92 Å². The highest BCUT2D eigenvalue weighted by atomic mass is 16.5. The van der Waals surface area contributed by atoms with Crippen LogP contribution >= 0.6 is 0 Å². The van der Waals surface area contributed by atoms with Gasteiger partial charge < -0.3 is 9.47 Å². The lowest BCUT2D eigenvalue weighted by atomic mass is 9.83. The zero-order valence-electron chi connectivity index (χ0n) is 13.5. The van der Waals surface area contributed by atoms with Gasteiger partial charge in [0.2, 0.25) is 0 Å². The number of esters is 1. The van der Waals surface area contributed by atoms with Crippen molar-refractivity contribution in [2.75, 3.05) is 13.2 Å². The molecule has 0 saturated heterocycles. The Balaban J connectivity index is 1.83. The van der Waals surface area contributed by atoms with Crippen molar-refractivity contribution in [3.8, 4) is 0 Å². The first-order chi connectivity index (χ1) is 9.43. The maximum atomic E-state index is 12.1. The minimum absolute atomic E-state index is 0.0617. The fraction of sp³-hybridized carbons (Fsp3) is 0.941. The highest BCUT2D eigenvalue weighted by Crippen LogP contribution is 2.52. The molecule has 0 spiro atoms. The number of carbonyl (C=O) groups is 1. The van der Waals surface area contributed by atoms with Crippen LogP contribution in [-0.2, 0) is 14.3 Å². The summed E-state index contributed by atoms with van der Waals surface area (Å²) in [4.78, 5) is 12.1. The van der Waals surface area contributed by atoms with E-state index in [1.54, 1.807) is 0 Å². The van der Waals surface area contributed by atoms with Crippen molar-refractivity contribution >= 4 is 5.97 Å². The number of rotatable bonds is 7. The minimum atomic E-state index is -0.399. The maximum Gasteiger partial charge on any atom is 0.311 e. The first-order valence-electron chi connectivity index (χ1n) is 8.24. The van der Waals surface area contributed by atoms with Gasteiger partial charge in [0.1, 0.15) is 0 Å². The number of hydrogen-bond donors (Lipinski definition) is 0. The van der Waals surface area contributed by atoms with Gasteiger partial charge in [0.15, 0.2) is 0 Å². The molecule has 20 heavy (non-hydrogen) atoms. The van der Waals surface area contributed by atoms with Crippen LogP contribution < -0.4 is 0 Å². The molecule has 2 saturated carbocycles. The van der Waals surface area contributed by atoms with E-state index >= 15 is 0 Å². The fourth-order valence-corrected chi connectivity index (χ4v) is 3.97. The van der Waals surface area contributed by atoms with E-state index in [0.29, 0.717) is 13.2 Å². The van der Waals surface area contributed by atoms with E-state index in [2.05, 4.69) is 13.8 Å². The van der Waals surface area contributed by atoms with Crippen LogP contribution in [0.3, 0.4) is 0 Å². The highest BCUT2D eigenvalue weighted by molar-refractivity contribution is 5.76. The van der Waals surface area contributed by atoms with Gasteiger partial charge in [-0.3, -0.25) is 4.79 Å². The smallest absolute Gasteiger partial charge is 0.311 e. The molecule has 0 aliphatic heterocycles. The van der Waals surface area contributed by atoms with E-state index in [4.69, 9.17) is 9.47 Å². The summed E-state index contributed by atoms with van der Waals surface area (Å²) in [5.74, 6) is 1.54. The second-order valence-corrected chi connectivity index (χ2v) is 7.13. The first-order valence-corrected chi connectivity index (χ1v) is 8.24. The third-order valence-corrected chi connectivity index (χ3v) is 5.73. The normalized spacial score (nSPS) is 35.0. The van der Waals surface area contributed by atoms with Crippen LogP contribution in [0.15, 0.2) is 0 Å². The molecule has 4 unspecified atom stereocenters. The Kier molecular flexibility index (Phi) is 4.78. The molecule has 0 heterocycles. The van der Waals surface area contributed by atoms with Crippen molar-refractivity contribution in [2.24, 2.45) is 17.3 Å². The number of fused-ring (bicyclic) bond motifs is 2. The third kappa shape index (κ3) is 3.03. The van der Waals surface area contributed by atoms with E-state index in [-0.39, 0.29) is 11.6 Å². The molecule has 3 nitrogen and oxygen atoms in total. The minimum Gasteiger partial charge on any atom is -0.466 e. The summed E-state index contributed by atoms with van der Waals surface area (Å²) >= 11 is 0. The monoisotopic (exact) mass is 282 g/mol. The van der Waals surface area contributed by atoms with Crippen LogP contribution in [0.25, 0.3) is 0 Å². The quantitative estimate of drug-likeness (QED) is 0.663. The molecule has 0 aromatic heterocycles. The van der Waals surface area contributed by atoms with Crippen molar-refractivity contribution in [3.05, 3.63) is 0 Å². The van der Waals surface area contributed by atoms with Crippen LogP contribution in [0.5, 0.6) is 0 Å². The van der Waals surface area contributed by atoms with E-state index in [9.17, 15) is 4.79 Å². The van der Waals surface area contributed by atoms with Crippen molar-refractivity contribution in [2.45, 2.75) is 71.8 Å². The molecular formula is C17H30O3. The lowest BCUT2D eigenvalue weighted by molar-refractivity contribution is -0.157. The highest BCUT2D eigenvalue weighted by Gasteiger charge is 2.49. The Hall–Kier alpha value is -0.570. The molecule has 0 N–H and O–H groups in total. The summed E-state index contributed by atoms with van der Waals surface area (Å²) < 4.78 is 11.4. The Morgan fingerprint density at radius 3 is 2.60 bits per heavy atom. The number of hydrogen-bond acceptors (Lipinski definition) is 3. The van der Waals surface area contributed by atoms with Gasteiger partial charge in [-0.15, -0.1) is 0 Å². The van der Waals surface area contributed by atoms with Crippen molar-refractivity contribution in [1.29, 1.82) is 0 Å². The van der Waals surface area contributed by atoms with Crippen molar-refractivity contribution in [3.63, 3.8) is 0 Å². The first kappa shape index (κ1) is 15.8. The van der Waals surface area contributed by atoms with E-state index in [1.807, 2.05) is 13.8 Å². The molecule has 0 radical (unpaired) electrons. The predicted octanol–water partition coefficient (Wildman–Crippen LogP) is 3.95. The SMILES string of the molecule is CCOC(=O)C(C)(CC)CCOC1(C)CC2CCC1C2. The van der Waals surface area contributed by atoms with Crippen LogP contribution in [0, 0.1) is 17.3 Å². The average molecular weight is 282 g/mol. The van der Waals surface area contributed by atoms with Gasteiger partial charge in [-0.2, -0.15) is 0 Å². The van der Waals surface area contributed by atoms with Crippen LogP contribution in [-0.4, -0.2) is 24.8 Å². The van der Waals surface area contributed by atoms with E-state index in [0.717, 1.165) is 24.7 Å². The lowest BCUT2D eigenvalue weighted by Gasteiger charge is -2.35. The summed E-state index contributed by atoms with van der Waals surface area (Å²) in [6.07, 6.45) is 6.83. The molecule has 2 rings (SSSR count). The summed E-state index contributed by atoms with van der Waals surface area (Å²) in [7, 11) is 0. The zero-order valence-corrected chi connectivity index (χ0v) is 13.5. The largest absolute Gasteiger partial charge is 0.466 e. The molecule has 0 aromatic carbocycles. The Bertz CT molecular complexity index is 354. The molecule has 0 amide bonds. The van der Waals surface area contributed by atoms with Crippen LogP contribution in [0.2, 0.25) is 0 Å². The molecule has 3 heteroatoms. The standard InChI is InChI=1S/C17H30O3/c1-5-16(3,15(18)19-6-2)9-10-20-17(4)12-13-7-8-14(17)11-13/h13-14H,5-12H2,1-4H3. The number of ether oxygens (including phenoxy) is 2. The van der Waals surface area contributed by atoms with Crippen LogP contribution in [0.1, 0.15) is 66.2 Å². The van der Waals surface area contributed by atoms with Gasteiger partial charge in [0.05, 0.1) is 17.6 Å². The van der Waals surface area contributed by atoms with Gasteiger partial charge in [-0.25, -0.2) is 0 Å². The fourth-order valence-electron chi connectivity index (χ4n) is 3.97. The average Bonchev–Trinajstić information content (AvgIpc) is 2.98. The molecule has 4 atom stereocenters. The third-order valence-electron chi connectivity index (χ3n) is 5.73. The Labute approximate surface area is 123 Å². The molecule has 116 valence electrons. The lowest BCUT2D eigenvalue weighted by Crippen LogP contribution is -2.37. The summed E-state index contributed by atoms with van der Waals surface area (Å²) in [5.41, 5.74) is -0.337. The molecule has 0 aromatic rings. The molecule has 2 aliphatic rings. The van der Waals surface area contributed by atoms with Crippen molar-refractivity contribution < 1.29 is 14.3 Å². The molecule has 2 fully saturated rings. The number of carbonyl (C=O) groups excluding carboxylic acids is 1. The second-order valence-electron chi connectivity index (χ2n) is 7.13. The maximum absolute atomic E-state index is 12.1. The van der Waals surface area contributed by atoms with Gasteiger partial charge >= 0.3 is 5.97 Å².